The van der Waals surface area contributed by atoms with Gasteiger partial charge in [-0.3, -0.25) is 9.59 Å². The van der Waals surface area contributed by atoms with Crippen molar-refractivity contribution >= 4 is 17.7 Å². The van der Waals surface area contributed by atoms with Crippen molar-refractivity contribution in [3.05, 3.63) is 36.8 Å². The van der Waals surface area contributed by atoms with E-state index in [2.05, 4.69) is 13.8 Å². The molecule has 1 rings (SSSR count). The zero-order valence-corrected chi connectivity index (χ0v) is 20.5. The monoisotopic (exact) mass is 460 g/mol. The number of carbonyl (C=O) groups is 3. The molecule has 33 heavy (non-hydrogen) atoms. The lowest BCUT2D eigenvalue weighted by atomic mass is 10.0. The molecule has 0 aliphatic rings. The number of primary amides is 1. The van der Waals surface area contributed by atoms with Crippen LogP contribution in [0.1, 0.15) is 108 Å². The average Bonchev–Trinajstić information content (AvgIpc) is 2.80. The summed E-state index contributed by atoms with van der Waals surface area (Å²) in [6.07, 6.45) is 10.7. The Balaban J connectivity index is 2.65. The molecule has 184 valence electrons. The number of ether oxygens (including phenoxy) is 2. The third-order valence-corrected chi connectivity index (χ3v) is 5.63. The number of hydrogen-bond acceptors (Lipinski definition) is 5. The van der Waals surface area contributed by atoms with Crippen LogP contribution in [0.25, 0.3) is 0 Å². The molecule has 0 unspecified atom stereocenters. The number of Topliss-reactive ketones (excluding diaryl/α,β-unsaturated/α-hetero) is 1. The van der Waals surface area contributed by atoms with Crippen molar-refractivity contribution in [1.29, 1.82) is 0 Å². The second-order valence-corrected chi connectivity index (χ2v) is 8.61. The first-order valence-electron chi connectivity index (χ1n) is 12.5. The summed E-state index contributed by atoms with van der Waals surface area (Å²) >= 11 is 0. The fourth-order valence-corrected chi connectivity index (χ4v) is 3.49. The molecule has 2 N–H and O–H groups in total. The lowest BCUT2D eigenvalue weighted by Gasteiger charge is -2.20. The van der Waals surface area contributed by atoms with Crippen LogP contribution in [0.3, 0.4) is 0 Å². The summed E-state index contributed by atoms with van der Waals surface area (Å²) in [7, 11) is 0. The van der Waals surface area contributed by atoms with E-state index in [9.17, 15) is 14.4 Å². The van der Waals surface area contributed by atoms with Gasteiger partial charge in [0.15, 0.2) is 18.0 Å². The highest BCUT2D eigenvalue weighted by Gasteiger charge is 2.25. The van der Waals surface area contributed by atoms with E-state index in [0.717, 1.165) is 51.4 Å². The number of unbranched alkanes of at least 4 members (excludes halogenated alkanes) is 9. The van der Waals surface area contributed by atoms with Crippen LogP contribution in [0.5, 0.6) is 5.75 Å². The minimum atomic E-state index is -1.01. The molecule has 0 aromatic heterocycles. The number of esters is 1. The van der Waals surface area contributed by atoms with Crippen LogP contribution >= 0.6 is 0 Å². The molecule has 1 amide bonds. The van der Waals surface area contributed by atoms with Gasteiger partial charge in [0, 0.05) is 12.0 Å². The first kappa shape index (κ1) is 28.5. The molecule has 2 atom stereocenters. The van der Waals surface area contributed by atoms with Gasteiger partial charge in [0.1, 0.15) is 5.75 Å². The Morgan fingerprint density at radius 1 is 0.909 bits per heavy atom. The molecular weight excluding hydrogens is 418 g/mol. The van der Waals surface area contributed by atoms with Crippen LogP contribution in [0, 0.1) is 6.92 Å². The second-order valence-electron chi connectivity index (χ2n) is 8.61. The Morgan fingerprint density at radius 2 is 1.52 bits per heavy atom. The summed E-state index contributed by atoms with van der Waals surface area (Å²) in [4.78, 5) is 36.2. The number of rotatable bonds is 19. The number of benzene rings is 1. The first-order chi connectivity index (χ1) is 15.9. The van der Waals surface area contributed by atoms with E-state index >= 15 is 0 Å². The van der Waals surface area contributed by atoms with E-state index in [1.54, 1.807) is 24.3 Å². The standard InChI is InChI=1S/C27H41NO5/c1-4-6-8-10-12-14-16-25(27(31)32-21(3)26(28)30)33-23-19-17-22(18-20-23)24(29)15-13-11-9-7-5-2/h17-21,25H,2,4-16H2,1,3H3,(H-,28,30)/p+1/t21-,25-/m0/s1. The SMILES string of the molecule is [CH2+]CCCCCCC(=O)c1ccc(O[C@@H](CCCCCCCC)C(=O)O[C@@H](C)C(N)=O)cc1. The lowest BCUT2D eigenvalue weighted by Crippen LogP contribution is -2.37. The molecule has 0 aliphatic carbocycles. The molecule has 0 bridgehead atoms. The molecule has 1 aromatic carbocycles. The second kappa shape index (κ2) is 17.0. The molecule has 6 nitrogen and oxygen atoms in total. The molecule has 0 radical (unpaired) electrons. The maximum Gasteiger partial charge on any atom is 0.348 e. The summed E-state index contributed by atoms with van der Waals surface area (Å²) in [5.74, 6) is -0.704. The highest BCUT2D eigenvalue weighted by molar-refractivity contribution is 5.96. The molecule has 1 aromatic rings. The zero-order chi connectivity index (χ0) is 24.5. The minimum absolute atomic E-state index is 0.106. The number of nitrogens with two attached hydrogens (primary N) is 1. The molecule has 0 saturated heterocycles. The highest BCUT2D eigenvalue weighted by Crippen LogP contribution is 2.20. The molecule has 0 saturated carbocycles. The number of amides is 1. The van der Waals surface area contributed by atoms with Crippen LogP contribution in [0.2, 0.25) is 0 Å². The molecule has 6 heteroatoms. The van der Waals surface area contributed by atoms with E-state index in [0.29, 0.717) is 24.2 Å². The van der Waals surface area contributed by atoms with Crippen molar-refractivity contribution in [3.63, 3.8) is 0 Å². The van der Waals surface area contributed by atoms with Gasteiger partial charge in [0.25, 0.3) is 5.91 Å². The first-order valence-corrected chi connectivity index (χ1v) is 12.5. The van der Waals surface area contributed by atoms with Crippen molar-refractivity contribution < 1.29 is 23.9 Å². The Labute approximate surface area is 199 Å². The van der Waals surface area contributed by atoms with E-state index in [1.165, 1.54) is 26.2 Å². The quantitative estimate of drug-likeness (QED) is 0.119. The molecule has 0 heterocycles. The summed E-state index contributed by atoms with van der Waals surface area (Å²) < 4.78 is 11.1. The fraction of sp³-hybridized carbons (Fsp3) is 0.630. The van der Waals surface area contributed by atoms with Gasteiger partial charge in [-0.2, -0.15) is 0 Å². The van der Waals surface area contributed by atoms with E-state index < -0.39 is 24.1 Å². The van der Waals surface area contributed by atoms with Crippen molar-refractivity contribution in [3.8, 4) is 5.75 Å². The summed E-state index contributed by atoms with van der Waals surface area (Å²) in [5, 5.41) is 0. The Hall–Kier alpha value is -2.50. The predicted octanol–water partition coefficient (Wildman–Crippen LogP) is 5.96. The van der Waals surface area contributed by atoms with Crippen molar-refractivity contribution in [2.75, 3.05) is 0 Å². The van der Waals surface area contributed by atoms with Gasteiger partial charge in [-0.25, -0.2) is 4.79 Å². The van der Waals surface area contributed by atoms with Gasteiger partial charge >= 0.3 is 5.97 Å². The van der Waals surface area contributed by atoms with E-state index in [1.807, 2.05) is 0 Å². The van der Waals surface area contributed by atoms with Gasteiger partial charge in [0.05, 0.1) is 13.3 Å². The number of carbonyl (C=O) groups excluding carboxylic acids is 3. The third kappa shape index (κ3) is 12.4. The fourth-order valence-electron chi connectivity index (χ4n) is 3.49. The molecule has 0 spiro atoms. The van der Waals surface area contributed by atoms with Crippen molar-refractivity contribution in [1.82, 2.24) is 0 Å². The summed E-state index contributed by atoms with van der Waals surface area (Å²) in [6, 6.07) is 6.86. The maximum atomic E-state index is 12.6. The molecule has 0 aliphatic heterocycles. The van der Waals surface area contributed by atoms with Crippen LogP contribution < -0.4 is 10.5 Å². The van der Waals surface area contributed by atoms with Crippen molar-refractivity contribution in [2.24, 2.45) is 5.73 Å². The van der Waals surface area contributed by atoms with Gasteiger partial charge in [0.2, 0.25) is 0 Å². The van der Waals surface area contributed by atoms with Crippen molar-refractivity contribution in [2.45, 2.75) is 110 Å². The Morgan fingerprint density at radius 3 is 2.15 bits per heavy atom. The maximum absolute atomic E-state index is 12.6. The van der Waals surface area contributed by atoms with Crippen LogP contribution in [0.15, 0.2) is 24.3 Å². The third-order valence-electron chi connectivity index (χ3n) is 5.63. The average molecular weight is 461 g/mol. The topological polar surface area (TPSA) is 95.7 Å². The van der Waals surface area contributed by atoms with Crippen LogP contribution in [-0.4, -0.2) is 29.9 Å². The van der Waals surface area contributed by atoms with Crippen LogP contribution in [-0.2, 0) is 14.3 Å². The zero-order valence-electron chi connectivity index (χ0n) is 20.5. The van der Waals surface area contributed by atoms with E-state index in [4.69, 9.17) is 15.2 Å². The summed E-state index contributed by atoms with van der Waals surface area (Å²) in [6.45, 7) is 7.45. The summed E-state index contributed by atoms with van der Waals surface area (Å²) in [5.41, 5.74) is 5.85. The van der Waals surface area contributed by atoms with Gasteiger partial charge in [-0.15, -0.1) is 0 Å². The van der Waals surface area contributed by atoms with Gasteiger partial charge < -0.3 is 15.2 Å². The smallest absolute Gasteiger partial charge is 0.348 e. The largest absolute Gasteiger partial charge is 0.479 e. The Bertz CT molecular complexity index is 701. The normalized spacial score (nSPS) is 12.7. The van der Waals surface area contributed by atoms with Gasteiger partial charge in [-0.1, -0.05) is 45.4 Å². The molecule has 0 fully saturated rings. The predicted molar refractivity (Wildman–Crippen MR) is 131 cm³/mol. The van der Waals surface area contributed by atoms with E-state index in [-0.39, 0.29) is 5.78 Å². The highest BCUT2D eigenvalue weighted by atomic mass is 16.6. The number of ketones is 1. The lowest BCUT2D eigenvalue weighted by molar-refractivity contribution is -0.161. The minimum Gasteiger partial charge on any atom is -0.479 e. The molecular formula is C27H42NO5+. The Kier molecular flexibility index (Phi) is 14.7. The van der Waals surface area contributed by atoms with Gasteiger partial charge in [-0.05, 0) is 63.3 Å². The van der Waals surface area contributed by atoms with Crippen LogP contribution in [0.4, 0.5) is 0 Å². The number of hydrogen-bond donors (Lipinski definition) is 1.